The zero-order valence-electron chi connectivity index (χ0n) is 10.9. The van der Waals surface area contributed by atoms with Crippen molar-refractivity contribution in [2.24, 2.45) is 0 Å². The van der Waals surface area contributed by atoms with E-state index >= 15 is 0 Å². The highest BCUT2D eigenvalue weighted by Crippen LogP contribution is 2.08. The molecule has 0 bridgehead atoms. The van der Waals surface area contributed by atoms with Gasteiger partial charge in [0.15, 0.2) is 0 Å². The van der Waals surface area contributed by atoms with E-state index in [1.807, 2.05) is 0 Å². The summed E-state index contributed by atoms with van der Waals surface area (Å²) in [5.41, 5.74) is 0.308. The molecule has 1 saturated heterocycles. The van der Waals surface area contributed by atoms with Crippen LogP contribution in [-0.4, -0.2) is 47.0 Å². The summed E-state index contributed by atoms with van der Waals surface area (Å²) in [5, 5.41) is 3.14. The fourth-order valence-corrected chi connectivity index (χ4v) is 2.31. The first kappa shape index (κ1) is 14.2. The quantitative estimate of drug-likeness (QED) is 0.836. The number of piperidine rings is 1. The highest BCUT2D eigenvalue weighted by atomic mass is 35.5. The minimum atomic E-state index is -0.192. The van der Waals surface area contributed by atoms with Gasteiger partial charge in [0.2, 0.25) is 0 Å². The first-order valence-corrected chi connectivity index (χ1v) is 7.11. The van der Waals surface area contributed by atoms with Crippen LogP contribution in [0.2, 0.25) is 5.15 Å². The van der Waals surface area contributed by atoms with Crippen molar-refractivity contribution in [1.82, 2.24) is 20.2 Å². The number of rotatable bonds is 5. The molecule has 0 radical (unpaired) electrons. The first-order valence-electron chi connectivity index (χ1n) is 6.74. The summed E-state index contributed by atoms with van der Waals surface area (Å²) < 4.78 is 0. The smallest absolute Gasteiger partial charge is 0.271 e. The molecule has 0 aromatic carbocycles. The number of aromatic nitrogens is 2. The number of carbonyl (C=O) groups excluding carboxylic acids is 1. The molecular weight excluding hydrogens is 264 g/mol. The standard InChI is InChI=1S/C13H19ClN4O/c14-12-10-16-11(9-17-12)13(19)15-5-4-8-18-6-2-1-3-7-18/h9-10H,1-8H2,(H,15,19). The fraction of sp³-hybridized carbons (Fsp3) is 0.615. The second-order valence-corrected chi connectivity index (χ2v) is 5.12. The predicted molar refractivity (Wildman–Crippen MR) is 74.3 cm³/mol. The summed E-state index contributed by atoms with van der Waals surface area (Å²) in [6.07, 6.45) is 7.68. The lowest BCUT2D eigenvalue weighted by Crippen LogP contribution is -2.33. The van der Waals surface area contributed by atoms with Gasteiger partial charge in [0, 0.05) is 6.54 Å². The monoisotopic (exact) mass is 282 g/mol. The maximum atomic E-state index is 11.7. The molecule has 104 valence electrons. The highest BCUT2D eigenvalue weighted by molar-refractivity contribution is 6.29. The normalized spacial score (nSPS) is 16.3. The molecule has 1 aliphatic rings. The Morgan fingerprint density at radius 1 is 1.26 bits per heavy atom. The molecule has 2 heterocycles. The van der Waals surface area contributed by atoms with Crippen LogP contribution in [0.25, 0.3) is 0 Å². The predicted octanol–water partition coefficient (Wildman–Crippen LogP) is 1.74. The van der Waals surface area contributed by atoms with Crippen LogP contribution >= 0.6 is 11.6 Å². The Bertz CT molecular complexity index is 404. The van der Waals surface area contributed by atoms with Gasteiger partial charge in [0.1, 0.15) is 10.8 Å². The van der Waals surface area contributed by atoms with Gasteiger partial charge in [0.25, 0.3) is 5.91 Å². The molecular formula is C13H19ClN4O. The molecule has 1 N–H and O–H groups in total. The van der Waals surface area contributed by atoms with Gasteiger partial charge in [-0.3, -0.25) is 4.79 Å². The Morgan fingerprint density at radius 3 is 2.74 bits per heavy atom. The van der Waals surface area contributed by atoms with Crippen molar-refractivity contribution in [3.63, 3.8) is 0 Å². The second kappa shape index (κ2) is 7.40. The van der Waals surface area contributed by atoms with Gasteiger partial charge < -0.3 is 10.2 Å². The van der Waals surface area contributed by atoms with E-state index in [2.05, 4.69) is 20.2 Å². The summed E-state index contributed by atoms with van der Waals surface area (Å²) in [7, 11) is 0. The zero-order valence-corrected chi connectivity index (χ0v) is 11.7. The Morgan fingerprint density at radius 2 is 2.05 bits per heavy atom. The molecule has 1 aromatic heterocycles. The van der Waals surface area contributed by atoms with Gasteiger partial charge in [-0.15, -0.1) is 0 Å². The highest BCUT2D eigenvalue weighted by Gasteiger charge is 2.10. The minimum absolute atomic E-state index is 0.192. The largest absolute Gasteiger partial charge is 0.351 e. The van der Waals surface area contributed by atoms with E-state index in [0.29, 0.717) is 17.4 Å². The van der Waals surface area contributed by atoms with Crippen LogP contribution in [0.15, 0.2) is 12.4 Å². The van der Waals surface area contributed by atoms with E-state index in [4.69, 9.17) is 11.6 Å². The number of nitrogens with one attached hydrogen (secondary N) is 1. The molecule has 1 amide bonds. The molecule has 0 aliphatic carbocycles. The van der Waals surface area contributed by atoms with E-state index < -0.39 is 0 Å². The maximum absolute atomic E-state index is 11.7. The molecule has 19 heavy (non-hydrogen) atoms. The van der Waals surface area contributed by atoms with Crippen LogP contribution in [-0.2, 0) is 0 Å². The van der Waals surface area contributed by atoms with Crippen molar-refractivity contribution in [3.05, 3.63) is 23.2 Å². The van der Waals surface area contributed by atoms with Crippen LogP contribution < -0.4 is 5.32 Å². The molecule has 6 heteroatoms. The minimum Gasteiger partial charge on any atom is -0.351 e. The molecule has 1 fully saturated rings. The lowest BCUT2D eigenvalue weighted by Gasteiger charge is -2.26. The third-order valence-corrected chi connectivity index (χ3v) is 3.43. The van der Waals surface area contributed by atoms with Crippen molar-refractivity contribution in [1.29, 1.82) is 0 Å². The Labute approximate surface area is 118 Å². The third-order valence-electron chi connectivity index (χ3n) is 3.24. The van der Waals surface area contributed by atoms with Crippen molar-refractivity contribution < 1.29 is 4.79 Å². The van der Waals surface area contributed by atoms with Crippen LogP contribution in [0.1, 0.15) is 36.2 Å². The average molecular weight is 283 g/mol. The van der Waals surface area contributed by atoms with Crippen molar-refractivity contribution >= 4 is 17.5 Å². The Balaban J connectivity index is 1.64. The van der Waals surface area contributed by atoms with Gasteiger partial charge in [-0.2, -0.15) is 0 Å². The van der Waals surface area contributed by atoms with Gasteiger partial charge in [0.05, 0.1) is 12.4 Å². The number of halogens is 1. The van der Waals surface area contributed by atoms with Crippen molar-refractivity contribution in [3.8, 4) is 0 Å². The lowest BCUT2D eigenvalue weighted by atomic mass is 10.1. The molecule has 0 saturated carbocycles. The molecule has 2 rings (SSSR count). The van der Waals surface area contributed by atoms with E-state index in [9.17, 15) is 4.79 Å². The molecule has 0 unspecified atom stereocenters. The Hall–Kier alpha value is -1.20. The number of likely N-dealkylation sites (tertiary alicyclic amines) is 1. The van der Waals surface area contributed by atoms with E-state index in [-0.39, 0.29) is 5.91 Å². The molecule has 1 aromatic rings. The first-order chi connectivity index (χ1) is 9.25. The van der Waals surface area contributed by atoms with E-state index in [1.165, 1.54) is 44.7 Å². The lowest BCUT2D eigenvalue weighted by molar-refractivity contribution is 0.0945. The van der Waals surface area contributed by atoms with Gasteiger partial charge in [-0.25, -0.2) is 9.97 Å². The van der Waals surface area contributed by atoms with Crippen LogP contribution in [0.5, 0.6) is 0 Å². The summed E-state index contributed by atoms with van der Waals surface area (Å²) >= 11 is 5.62. The van der Waals surface area contributed by atoms with Crippen molar-refractivity contribution in [2.75, 3.05) is 26.2 Å². The Kier molecular flexibility index (Phi) is 5.54. The van der Waals surface area contributed by atoms with Crippen LogP contribution in [0, 0.1) is 0 Å². The number of carbonyl (C=O) groups is 1. The average Bonchev–Trinajstić information content (AvgIpc) is 2.45. The third kappa shape index (κ3) is 4.76. The summed E-state index contributed by atoms with van der Waals surface area (Å²) in [6, 6.07) is 0. The van der Waals surface area contributed by atoms with Crippen LogP contribution in [0.3, 0.4) is 0 Å². The second-order valence-electron chi connectivity index (χ2n) is 4.74. The number of hydrogen-bond donors (Lipinski definition) is 1. The fourth-order valence-electron chi connectivity index (χ4n) is 2.21. The molecule has 5 nitrogen and oxygen atoms in total. The van der Waals surface area contributed by atoms with E-state index in [0.717, 1.165) is 13.0 Å². The molecule has 0 spiro atoms. The van der Waals surface area contributed by atoms with Crippen LogP contribution in [0.4, 0.5) is 0 Å². The van der Waals surface area contributed by atoms with Gasteiger partial charge >= 0.3 is 0 Å². The zero-order chi connectivity index (χ0) is 13.5. The summed E-state index contributed by atoms with van der Waals surface area (Å²) in [4.78, 5) is 22.0. The van der Waals surface area contributed by atoms with Gasteiger partial charge in [-0.05, 0) is 38.9 Å². The summed E-state index contributed by atoms with van der Waals surface area (Å²) in [5.74, 6) is -0.192. The summed E-state index contributed by atoms with van der Waals surface area (Å²) in [6.45, 7) is 4.10. The van der Waals surface area contributed by atoms with E-state index in [1.54, 1.807) is 0 Å². The maximum Gasteiger partial charge on any atom is 0.271 e. The van der Waals surface area contributed by atoms with Crippen molar-refractivity contribution in [2.45, 2.75) is 25.7 Å². The number of hydrogen-bond acceptors (Lipinski definition) is 4. The topological polar surface area (TPSA) is 58.1 Å². The molecule has 1 aliphatic heterocycles. The molecule has 0 atom stereocenters. The SMILES string of the molecule is O=C(NCCCN1CCCCC1)c1cnc(Cl)cn1. The van der Waals surface area contributed by atoms with Gasteiger partial charge in [-0.1, -0.05) is 18.0 Å². The number of nitrogens with zero attached hydrogens (tertiary/aromatic N) is 3. The number of amides is 1.